The molecule has 4 N–H and O–H groups in total. The van der Waals surface area contributed by atoms with Gasteiger partial charge in [-0.25, -0.2) is 4.98 Å². The Labute approximate surface area is 119 Å². The van der Waals surface area contributed by atoms with Gasteiger partial charge in [-0.05, 0) is 34.8 Å². The minimum atomic E-state index is -0.328. The van der Waals surface area contributed by atoms with Crippen LogP contribution in [0, 0.1) is 0 Å². The van der Waals surface area contributed by atoms with Crippen LogP contribution in [0.3, 0.4) is 0 Å². The van der Waals surface area contributed by atoms with Gasteiger partial charge in [0.2, 0.25) is 5.91 Å². The van der Waals surface area contributed by atoms with Crippen LogP contribution in [-0.4, -0.2) is 29.4 Å². The molecule has 2 amide bonds. The van der Waals surface area contributed by atoms with Gasteiger partial charge in [-0.2, -0.15) is 0 Å². The number of nitrogens with one attached hydrogen (secondary N) is 2. The highest BCUT2D eigenvalue weighted by Crippen LogP contribution is 2.18. The Balaban J connectivity index is 1.80. The van der Waals surface area contributed by atoms with Crippen LogP contribution in [0.25, 0.3) is 0 Å². The molecule has 1 aliphatic carbocycles. The highest BCUT2D eigenvalue weighted by atomic mass is 79.9. The van der Waals surface area contributed by atoms with Crippen LogP contribution in [0.2, 0.25) is 0 Å². The number of nitrogen functional groups attached to an aromatic ring is 1. The first-order valence-electron chi connectivity index (χ1n) is 6.05. The zero-order valence-corrected chi connectivity index (χ0v) is 11.9. The highest BCUT2D eigenvalue weighted by molar-refractivity contribution is 9.10. The minimum Gasteiger partial charge on any atom is -0.383 e. The van der Waals surface area contributed by atoms with E-state index in [2.05, 4.69) is 31.5 Å². The van der Waals surface area contributed by atoms with Gasteiger partial charge in [0, 0.05) is 29.7 Å². The summed E-state index contributed by atoms with van der Waals surface area (Å²) in [6, 6.07) is 1.94. The Bertz CT molecular complexity index is 503. The fourth-order valence-corrected chi connectivity index (χ4v) is 1.88. The summed E-state index contributed by atoms with van der Waals surface area (Å²) in [6.07, 6.45) is 3.90. The molecule has 0 atom stereocenters. The molecular formula is C12H15BrN4O2. The lowest BCUT2D eigenvalue weighted by Gasteiger charge is -2.07. The van der Waals surface area contributed by atoms with Crippen molar-refractivity contribution in [1.29, 1.82) is 0 Å². The molecule has 0 saturated heterocycles. The van der Waals surface area contributed by atoms with E-state index in [4.69, 9.17) is 5.73 Å². The molecule has 0 bridgehead atoms. The molecule has 1 saturated carbocycles. The maximum atomic E-state index is 11.9. The van der Waals surface area contributed by atoms with Gasteiger partial charge in [0.05, 0.1) is 5.56 Å². The number of aromatic nitrogens is 1. The van der Waals surface area contributed by atoms with Crippen molar-refractivity contribution in [2.75, 3.05) is 12.3 Å². The lowest BCUT2D eigenvalue weighted by molar-refractivity contribution is -0.121. The second kappa shape index (κ2) is 6.01. The van der Waals surface area contributed by atoms with E-state index in [0.717, 1.165) is 12.8 Å². The van der Waals surface area contributed by atoms with Crippen LogP contribution in [0.4, 0.5) is 5.82 Å². The van der Waals surface area contributed by atoms with E-state index in [9.17, 15) is 9.59 Å². The summed E-state index contributed by atoms with van der Waals surface area (Å²) in [7, 11) is 0. The number of rotatable bonds is 5. The molecule has 7 heteroatoms. The molecule has 0 aromatic carbocycles. The Morgan fingerprint density at radius 3 is 2.89 bits per heavy atom. The smallest absolute Gasteiger partial charge is 0.255 e. The number of amides is 2. The highest BCUT2D eigenvalue weighted by Gasteiger charge is 2.22. The third-order valence-corrected chi connectivity index (χ3v) is 3.14. The molecule has 1 aliphatic rings. The summed E-state index contributed by atoms with van der Waals surface area (Å²) in [5.41, 5.74) is 5.93. The van der Waals surface area contributed by atoms with Crippen molar-refractivity contribution < 1.29 is 9.59 Å². The van der Waals surface area contributed by atoms with E-state index in [1.165, 1.54) is 6.20 Å². The average molecular weight is 327 g/mol. The number of nitrogens with two attached hydrogens (primary N) is 1. The van der Waals surface area contributed by atoms with E-state index in [-0.39, 0.29) is 30.6 Å². The van der Waals surface area contributed by atoms with Gasteiger partial charge in [-0.3, -0.25) is 9.59 Å². The largest absolute Gasteiger partial charge is 0.383 e. The molecule has 19 heavy (non-hydrogen) atoms. The number of pyridine rings is 1. The monoisotopic (exact) mass is 326 g/mol. The quantitative estimate of drug-likeness (QED) is 0.746. The summed E-state index contributed by atoms with van der Waals surface area (Å²) >= 11 is 3.23. The Morgan fingerprint density at radius 2 is 2.21 bits per heavy atom. The molecule has 1 fully saturated rings. The zero-order valence-electron chi connectivity index (χ0n) is 10.3. The van der Waals surface area contributed by atoms with Crippen LogP contribution in [0.15, 0.2) is 16.7 Å². The van der Waals surface area contributed by atoms with Crippen LogP contribution in [0.1, 0.15) is 29.6 Å². The summed E-state index contributed by atoms with van der Waals surface area (Å²) < 4.78 is 0.679. The topological polar surface area (TPSA) is 97.1 Å². The standard InChI is InChI=1S/C12H15BrN4O2/c13-7-5-9(11(14)16-6-7)12(19)15-4-3-10(18)17-8-1-2-8/h5-6,8H,1-4H2,(H2,14,16)(H,15,19)(H,17,18). The SMILES string of the molecule is Nc1ncc(Br)cc1C(=O)NCCC(=O)NC1CC1. The molecule has 0 aliphatic heterocycles. The first-order valence-corrected chi connectivity index (χ1v) is 6.84. The lowest BCUT2D eigenvalue weighted by atomic mass is 10.2. The molecule has 1 aromatic heterocycles. The first-order chi connectivity index (χ1) is 9.06. The Kier molecular flexibility index (Phi) is 4.36. The van der Waals surface area contributed by atoms with Crippen LogP contribution < -0.4 is 16.4 Å². The molecule has 0 spiro atoms. The van der Waals surface area contributed by atoms with Gasteiger partial charge in [0.15, 0.2) is 0 Å². The number of halogens is 1. The summed E-state index contributed by atoms with van der Waals surface area (Å²) in [6.45, 7) is 0.281. The minimum absolute atomic E-state index is 0.0388. The van der Waals surface area contributed by atoms with Gasteiger partial charge >= 0.3 is 0 Å². The molecule has 1 heterocycles. The number of anilines is 1. The maximum Gasteiger partial charge on any atom is 0.255 e. The number of nitrogens with zero attached hydrogens (tertiary/aromatic N) is 1. The predicted octanol–water partition coefficient (Wildman–Crippen LogP) is 0.825. The third-order valence-electron chi connectivity index (χ3n) is 2.71. The van der Waals surface area contributed by atoms with Crippen molar-refractivity contribution in [3.63, 3.8) is 0 Å². The fraction of sp³-hybridized carbons (Fsp3) is 0.417. The average Bonchev–Trinajstić information content (AvgIpc) is 3.16. The van der Waals surface area contributed by atoms with E-state index < -0.39 is 0 Å². The third kappa shape index (κ3) is 4.20. The van der Waals surface area contributed by atoms with Gasteiger partial charge < -0.3 is 16.4 Å². The molecule has 6 nitrogen and oxygen atoms in total. The molecule has 102 valence electrons. The molecular weight excluding hydrogens is 312 g/mol. The lowest BCUT2D eigenvalue weighted by Crippen LogP contribution is -2.32. The van der Waals surface area contributed by atoms with Gasteiger partial charge in [0.1, 0.15) is 5.82 Å². The number of hydrogen-bond acceptors (Lipinski definition) is 4. The number of carbonyl (C=O) groups is 2. The van der Waals surface area contributed by atoms with E-state index in [1.54, 1.807) is 6.07 Å². The fourth-order valence-electron chi connectivity index (χ4n) is 1.54. The first kappa shape index (κ1) is 13.8. The molecule has 0 radical (unpaired) electrons. The second-order valence-electron chi connectivity index (χ2n) is 4.43. The summed E-state index contributed by atoms with van der Waals surface area (Å²) in [4.78, 5) is 27.2. The van der Waals surface area contributed by atoms with Crippen molar-refractivity contribution in [2.24, 2.45) is 0 Å². The Hall–Kier alpha value is -1.63. The van der Waals surface area contributed by atoms with Crippen molar-refractivity contribution in [1.82, 2.24) is 15.6 Å². The summed E-state index contributed by atoms with van der Waals surface area (Å²) in [5.74, 6) is -0.197. The maximum absolute atomic E-state index is 11.9. The van der Waals surface area contributed by atoms with Crippen LogP contribution >= 0.6 is 15.9 Å². The number of hydrogen-bond donors (Lipinski definition) is 3. The van der Waals surface area contributed by atoms with Gasteiger partial charge in [0.25, 0.3) is 5.91 Å². The molecule has 2 rings (SSSR count). The number of carbonyl (C=O) groups excluding carboxylic acids is 2. The van der Waals surface area contributed by atoms with E-state index in [0.29, 0.717) is 16.1 Å². The zero-order chi connectivity index (χ0) is 13.8. The molecule has 0 unspecified atom stereocenters. The van der Waals surface area contributed by atoms with Crippen molar-refractivity contribution in [3.05, 3.63) is 22.3 Å². The van der Waals surface area contributed by atoms with Crippen molar-refractivity contribution >= 4 is 33.6 Å². The van der Waals surface area contributed by atoms with Gasteiger partial charge in [-0.15, -0.1) is 0 Å². The van der Waals surface area contributed by atoms with Crippen molar-refractivity contribution in [2.45, 2.75) is 25.3 Å². The summed E-state index contributed by atoms with van der Waals surface area (Å²) in [5, 5.41) is 5.50. The van der Waals surface area contributed by atoms with Crippen molar-refractivity contribution in [3.8, 4) is 0 Å². The predicted molar refractivity (Wildman–Crippen MR) is 74.5 cm³/mol. The van der Waals surface area contributed by atoms with Gasteiger partial charge in [-0.1, -0.05) is 0 Å². The molecule has 1 aromatic rings. The second-order valence-corrected chi connectivity index (χ2v) is 5.35. The van der Waals surface area contributed by atoms with Crippen LogP contribution in [0.5, 0.6) is 0 Å². The van der Waals surface area contributed by atoms with Crippen LogP contribution in [-0.2, 0) is 4.79 Å². The Morgan fingerprint density at radius 1 is 1.47 bits per heavy atom. The van der Waals surface area contributed by atoms with E-state index >= 15 is 0 Å². The normalized spacial score (nSPS) is 13.9. The van der Waals surface area contributed by atoms with E-state index in [1.807, 2.05) is 0 Å².